The van der Waals surface area contributed by atoms with Crippen LogP contribution in [0.2, 0.25) is 0 Å². The van der Waals surface area contributed by atoms with Gasteiger partial charge in [-0.1, -0.05) is 39.7 Å². The van der Waals surface area contributed by atoms with Gasteiger partial charge in [-0.05, 0) is 25.0 Å². The summed E-state index contributed by atoms with van der Waals surface area (Å²) in [5, 5.41) is 4.48. The zero-order valence-corrected chi connectivity index (χ0v) is 12.9. The summed E-state index contributed by atoms with van der Waals surface area (Å²) in [6.45, 7) is 6.47. The van der Waals surface area contributed by atoms with Gasteiger partial charge in [-0.3, -0.25) is 4.68 Å². The second-order valence-electron chi connectivity index (χ2n) is 5.54. The predicted molar refractivity (Wildman–Crippen MR) is 81.6 cm³/mol. The second kappa shape index (κ2) is 6.64. The van der Waals surface area contributed by atoms with Gasteiger partial charge < -0.3 is 0 Å². The van der Waals surface area contributed by atoms with Crippen molar-refractivity contribution in [3.05, 3.63) is 29.7 Å². The molecule has 0 aliphatic heterocycles. The maximum absolute atomic E-state index is 4.69. The second-order valence-corrected chi connectivity index (χ2v) is 5.54. The Morgan fingerprint density at radius 2 is 1.95 bits per heavy atom. The molecule has 0 spiro atoms. The summed E-state index contributed by atoms with van der Waals surface area (Å²) in [7, 11) is 1.94. The highest BCUT2D eigenvalue weighted by atomic mass is 15.3. The monoisotopic (exact) mass is 272 g/mol. The van der Waals surface area contributed by atoms with Gasteiger partial charge >= 0.3 is 0 Å². The molecule has 108 valence electrons. The molecule has 4 nitrogen and oxygen atoms in total. The van der Waals surface area contributed by atoms with Crippen LogP contribution >= 0.6 is 0 Å². The van der Waals surface area contributed by atoms with Crippen molar-refractivity contribution in [2.75, 3.05) is 0 Å². The van der Waals surface area contributed by atoms with Crippen LogP contribution in [0.5, 0.6) is 0 Å². The Morgan fingerprint density at radius 3 is 2.60 bits per heavy atom. The van der Waals surface area contributed by atoms with Gasteiger partial charge in [0.25, 0.3) is 0 Å². The molecule has 0 aliphatic carbocycles. The normalized spacial score (nSPS) is 11.2. The minimum absolute atomic E-state index is 0.369. The van der Waals surface area contributed by atoms with E-state index in [0.29, 0.717) is 5.92 Å². The quantitative estimate of drug-likeness (QED) is 0.752. The van der Waals surface area contributed by atoms with E-state index < -0.39 is 0 Å². The van der Waals surface area contributed by atoms with Crippen LogP contribution < -0.4 is 0 Å². The molecule has 0 atom stereocenters. The fourth-order valence-corrected chi connectivity index (χ4v) is 2.31. The molecule has 20 heavy (non-hydrogen) atoms. The number of hydrogen-bond acceptors (Lipinski definition) is 3. The number of nitrogens with zero attached hydrogens (tertiary/aromatic N) is 4. The fraction of sp³-hybridized carbons (Fsp3) is 0.562. The van der Waals surface area contributed by atoms with Crippen molar-refractivity contribution in [1.29, 1.82) is 0 Å². The third-order valence-corrected chi connectivity index (χ3v) is 3.39. The Hall–Kier alpha value is -1.71. The highest BCUT2D eigenvalue weighted by Crippen LogP contribution is 2.18. The molecule has 0 saturated heterocycles. The third-order valence-electron chi connectivity index (χ3n) is 3.39. The van der Waals surface area contributed by atoms with E-state index in [4.69, 9.17) is 4.98 Å². The molecule has 0 amide bonds. The Balaban J connectivity index is 2.20. The van der Waals surface area contributed by atoms with Gasteiger partial charge in [0.15, 0.2) is 5.82 Å². The summed E-state index contributed by atoms with van der Waals surface area (Å²) in [6.07, 6.45) is 4.72. The lowest BCUT2D eigenvalue weighted by molar-refractivity contribution is 0.655. The first kappa shape index (κ1) is 14.7. The van der Waals surface area contributed by atoms with Gasteiger partial charge in [0.2, 0.25) is 0 Å². The van der Waals surface area contributed by atoms with Crippen LogP contribution in [0.15, 0.2) is 18.2 Å². The highest BCUT2D eigenvalue weighted by Gasteiger charge is 2.13. The van der Waals surface area contributed by atoms with E-state index in [1.165, 1.54) is 19.3 Å². The summed E-state index contributed by atoms with van der Waals surface area (Å²) in [6, 6.07) is 6.13. The fourth-order valence-electron chi connectivity index (χ4n) is 2.31. The van der Waals surface area contributed by atoms with E-state index in [2.05, 4.69) is 43.0 Å². The summed E-state index contributed by atoms with van der Waals surface area (Å²) >= 11 is 0. The number of unbranched alkanes of at least 4 members (excludes halogenated alkanes) is 2. The van der Waals surface area contributed by atoms with Crippen molar-refractivity contribution >= 4 is 0 Å². The van der Waals surface area contributed by atoms with Gasteiger partial charge in [-0.25, -0.2) is 9.97 Å². The van der Waals surface area contributed by atoms with Crippen molar-refractivity contribution in [3.8, 4) is 11.5 Å². The lowest BCUT2D eigenvalue weighted by Gasteiger charge is -2.01. The first-order chi connectivity index (χ1) is 9.61. The zero-order chi connectivity index (χ0) is 14.5. The molecular weight excluding hydrogens is 248 g/mol. The van der Waals surface area contributed by atoms with Crippen LogP contribution in [0.25, 0.3) is 11.5 Å². The van der Waals surface area contributed by atoms with E-state index >= 15 is 0 Å². The van der Waals surface area contributed by atoms with E-state index in [-0.39, 0.29) is 0 Å². The molecule has 0 aromatic carbocycles. The molecule has 0 aliphatic rings. The smallest absolute Gasteiger partial charge is 0.200 e. The molecule has 2 heterocycles. The van der Waals surface area contributed by atoms with Crippen molar-refractivity contribution in [2.24, 2.45) is 7.05 Å². The number of hydrogen-bond donors (Lipinski definition) is 0. The SMILES string of the molecule is CCCCCc1cccc(-c2nc(C(C)C)n(C)n2)n1. The minimum Gasteiger partial charge on any atom is -0.252 e. The van der Waals surface area contributed by atoms with E-state index in [0.717, 1.165) is 29.5 Å². The first-order valence-corrected chi connectivity index (χ1v) is 7.49. The highest BCUT2D eigenvalue weighted by molar-refractivity contribution is 5.48. The Kier molecular flexibility index (Phi) is 4.88. The molecule has 4 heteroatoms. The third kappa shape index (κ3) is 3.44. The predicted octanol–water partition coefficient (Wildman–Crippen LogP) is 3.73. The van der Waals surface area contributed by atoms with Gasteiger partial charge in [0.05, 0.1) is 0 Å². The average Bonchev–Trinajstić information content (AvgIpc) is 2.82. The molecule has 0 bridgehead atoms. The molecule has 2 aromatic rings. The van der Waals surface area contributed by atoms with Crippen LogP contribution in [0, 0.1) is 0 Å². The molecule has 0 radical (unpaired) electrons. The lowest BCUT2D eigenvalue weighted by atomic mass is 10.1. The Bertz CT molecular complexity index is 557. The molecule has 2 rings (SSSR count). The zero-order valence-electron chi connectivity index (χ0n) is 12.9. The maximum Gasteiger partial charge on any atom is 0.200 e. The van der Waals surface area contributed by atoms with Crippen LogP contribution in [0.3, 0.4) is 0 Å². The van der Waals surface area contributed by atoms with Gasteiger partial charge in [-0.2, -0.15) is 0 Å². The maximum atomic E-state index is 4.69. The topological polar surface area (TPSA) is 43.6 Å². The van der Waals surface area contributed by atoms with E-state index in [1.807, 2.05) is 17.8 Å². The minimum atomic E-state index is 0.369. The summed E-state index contributed by atoms with van der Waals surface area (Å²) < 4.78 is 1.85. The molecule has 0 fully saturated rings. The van der Waals surface area contributed by atoms with Crippen molar-refractivity contribution in [2.45, 2.75) is 52.4 Å². The first-order valence-electron chi connectivity index (χ1n) is 7.49. The number of pyridine rings is 1. The van der Waals surface area contributed by atoms with Crippen molar-refractivity contribution < 1.29 is 0 Å². The van der Waals surface area contributed by atoms with Gasteiger partial charge in [-0.15, -0.1) is 5.10 Å². The van der Waals surface area contributed by atoms with E-state index in [9.17, 15) is 0 Å². The summed E-state index contributed by atoms with van der Waals surface area (Å²) in [5.41, 5.74) is 2.01. The van der Waals surface area contributed by atoms with Crippen molar-refractivity contribution in [1.82, 2.24) is 19.7 Å². The lowest BCUT2D eigenvalue weighted by Crippen LogP contribution is -2.00. The molecule has 0 unspecified atom stereocenters. The van der Waals surface area contributed by atoms with Crippen LogP contribution in [-0.4, -0.2) is 19.7 Å². The number of rotatable bonds is 6. The molecular formula is C16H24N4. The Morgan fingerprint density at radius 1 is 1.15 bits per heavy atom. The molecule has 2 aromatic heterocycles. The van der Waals surface area contributed by atoms with Gasteiger partial charge in [0.1, 0.15) is 11.5 Å². The molecule has 0 N–H and O–H groups in total. The average molecular weight is 272 g/mol. The molecule has 0 saturated carbocycles. The van der Waals surface area contributed by atoms with Gasteiger partial charge in [0, 0.05) is 18.7 Å². The van der Waals surface area contributed by atoms with Crippen molar-refractivity contribution in [3.63, 3.8) is 0 Å². The van der Waals surface area contributed by atoms with E-state index in [1.54, 1.807) is 0 Å². The van der Waals surface area contributed by atoms with Crippen LogP contribution in [0.1, 0.15) is 57.5 Å². The standard InChI is InChI=1S/C16H24N4/c1-5-6-7-9-13-10-8-11-14(17-13)15-18-16(12(2)3)20(4)19-15/h8,10-12H,5-7,9H2,1-4H3. The number of aryl methyl sites for hydroxylation is 2. The largest absolute Gasteiger partial charge is 0.252 e. The van der Waals surface area contributed by atoms with Crippen LogP contribution in [-0.2, 0) is 13.5 Å². The van der Waals surface area contributed by atoms with Crippen LogP contribution in [0.4, 0.5) is 0 Å². The summed E-state index contributed by atoms with van der Waals surface area (Å²) in [4.78, 5) is 9.30. The number of aromatic nitrogens is 4. The Labute approximate surface area is 121 Å². The summed E-state index contributed by atoms with van der Waals surface area (Å²) in [5.74, 6) is 2.10.